The van der Waals surface area contributed by atoms with E-state index in [0.717, 1.165) is 64.2 Å². The van der Waals surface area contributed by atoms with Crippen molar-refractivity contribution in [3.05, 3.63) is 48.6 Å². The van der Waals surface area contributed by atoms with Gasteiger partial charge in [-0.1, -0.05) is 185 Å². The molecule has 0 aliphatic heterocycles. The average Bonchev–Trinajstić information content (AvgIpc) is 3.12. The molecule has 1 unspecified atom stereocenters. The molecule has 0 spiro atoms. The molecule has 6 nitrogen and oxygen atoms in total. The van der Waals surface area contributed by atoms with Crippen LogP contribution in [0, 0.1) is 0 Å². The van der Waals surface area contributed by atoms with E-state index in [4.69, 9.17) is 14.2 Å². The standard InChI is InChI=1S/C45H78O6/c1-4-7-10-13-16-19-22-23-24-27-29-32-35-38-44(47)50-41-42(51-45(48)39-36-33-30-26-21-18-15-12-9-6-3)40-49-43(46)37-34-31-28-25-20-17-14-11-8-5-2/h7,10,16,19,23-24,29,32,42H,4-6,8-9,11-15,17-18,20-22,25-28,30-31,33-41H2,1-3H3/b10-7-,19-16-,24-23-,32-29-. The molecule has 0 aromatic heterocycles. The Kier molecular flexibility index (Phi) is 38.1. The van der Waals surface area contributed by atoms with Crippen LogP contribution in [0.1, 0.15) is 201 Å². The summed E-state index contributed by atoms with van der Waals surface area (Å²) in [5, 5.41) is 0. The molecule has 0 fully saturated rings. The fraction of sp³-hybridized carbons (Fsp3) is 0.756. The molecule has 0 N–H and O–H groups in total. The molecule has 0 aromatic carbocycles. The number of carbonyl (C=O) groups excluding carboxylic acids is 3. The van der Waals surface area contributed by atoms with Crippen molar-refractivity contribution in [1.82, 2.24) is 0 Å². The zero-order valence-corrected chi connectivity index (χ0v) is 33.4. The van der Waals surface area contributed by atoms with Gasteiger partial charge in [-0.05, 0) is 44.9 Å². The van der Waals surface area contributed by atoms with Crippen LogP contribution in [-0.4, -0.2) is 37.2 Å². The molecule has 0 bridgehead atoms. The topological polar surface area (TPSA) is 78.9 Å². The number of unbranched alkanes of at least 4 members (excludes halogenated alkanes) is 18. The second kappa shape index (κ2) is 40.1. The lowest BCUT2D eigenvalue weighted by Crippen LogP contribution is -2.30. The van der Waals surface area contributed by atoms with E-state index in [0.29, 0.717) is 19.3 Å². The summed E-state index contributed by atoms with van der Waals surface area (Å²) < 4.78 is 16.6. The van der Waals surface area contributed by atoms with Gasteiger partial charge in [-0.3, -0.25) is 14.4 Å². The molecule has 294 valence electrons. The first-order valence-corrected chi connectivity index (χ1v) is 21.1. The molecule has 0 aliphatic rings. The van der Waals surface area contributed by atoms with Crippen LogP contribution in [0.5, 0.6) is 0 Å². The smallest absolute Gasteiger partial charge is 0.306 e. The molecule has 0 saturated heterocycles. The Hall–Kier alpha value is -2.63. The summed E-state index contributed by atoms with van der Waals surface area (Å²) in [5.41, 5.74) is 0. The third-order valence-electron chi connectivity index (χ3n) is 8.86. The van der Waals surface area contributed by atoms with Crippen molar-refractivity contribution in [2.45, 2.75) is 207 Å². The Balaban J connectivity index is 4.47. The Labute approximate surface area is 314 Å². The van der Waals surface area contributed by atoms with E-state index in [1.165, 1.54) is 89.9 Å². The summed E-state index contributed by atoms with van der Waals surface area (Å²) in [6, 6.07) is 0. The number of esters is 3. The highest BCUT2D eigenvalue weighted by atomic mass is 16.6. The van der Waals surface area contributed by atoms with Crippen LogP contribution >= 0.6 is 0 Å². The zero-order chi connectivity index (χ0) is 37.3. The van der Waals surface area contributed by atoms with Crippen LogP contribution in [0.15, 0.2) is 48.6 Å². The molecule has 0 aliphatic carbocycles. The van der Waals surface area contributed by atoms with Gasteiger partial charge in [-0.15, -0.1) is 0 Å². The summed E-state index contributed by atoms with van der Waals surface area (Å²) in [6.07, 6.45) is 45.3. The maximum absolute atomic E-state index is 12.6. The van der Waals surface area contributed by atoms with Gasteiger partial charge < -0.3 is 14.2 Å². The van der Waals surface area contributed by atoms with Crippen LogP contribution < -0.4 is 0 Å². The molecule has 51 heavy (non-hydrogen) atoms. The molecule has 0 rings (SSSR count). The van der Waals surface area contributed by atoms with Crippen LogP contribution in [-0.2, 0) is 28.6 Å². The summed E-state index contributed by atoms with van der Waals surface area (Å²) in [5.74, 6) is -0.984. The van der Waals surface area contributed by atoms with Gasteiger partial charge in [0.05, 0.1) is 0 Å². The van der Waals surface area contributed by atoms with E-state index < -0.39 is 6.10 Å². The molecule has 0 saturated carbocycles. The minimum absolute atomic E-state index is 0.0927. The molecule has 0 aromatic rings. The predicted octanol–water partition coefficient (Wildman–Crippen LogP) is 13.2. The molecular formula is C45H78O6. The highest BCUT2D eigenvalue weighted by Crippen LogP contribution is 2.14. The molecular weight excluding hydrogens is 636 g/mol. The Bertz CT molecular complexity index is 918. The third kappa shape index (κ3) is 38.4. The lowest BCUT2D eigenvalue weighted by molar-refractivity contribution is -0.166. The summed E-state index contributed by atoms with van der Waals surface area (Å²) in [7, 11) is 0. The van der Waals surface area contributed by atoms with Crippen LogP contribution in [0.3, 0.4) is 0 Å². The number of allylic oxidation sites excluding steroid dienone is 8. The van der Waals surface area contributed by atoms with Crippen molar-refractivity contribution in [3.8, 4) is 0 Å². The maximum atomic E-state index is 12.6. The van der Waals surface area contributed by atoms with E-state index >= 15 is 0 Å². The van der Waals surface area contributed by atoms with E-state index in [-0.39, 0.29) is 37.5 Å². The lowest BCUT2D eigenvalue weighted by Gasteiger charge is -2.18. The Morgan fingerprint density at radius 3 is 1.20 bits per heavy atom. The number of carbonyl (C=O) groups is 3. The van der Waals surface area contributed by atoms with Crippen molar-refractivity contribution >= 4 is 17.9 Å². The number of ether oxygens (including phenoxy) is 3. The van der Waals surface area contributed by atoms with Gasteiger partial charge in [0.15, 0.2) is 6.10 Å². The van der Waals surface area contributed by atoms with Gasteiger partial charge in [-0.25, -0.2) is 0 Å². The third-order valence-corrected chi connectivity index (χ3v) is 8.86. The van der Waals surface area contributed by atoms with Crippen molar-refractivity contribution in [2.24, 2.45) is 0 Å². The van der Waals surface area contributed by atoms with Gasteiger partial charge in [0.1, 0.15) is 13.2 Å². The van der Waals surface area contributed by atoms with Crippen LogP contribution in [0.4, 0.5) is 0 Å². The largest absolute Gasteiger partial charge is 0.462 e. The zero-order valence-electron chi connectivity index (χ0n) is 33.4. The summed E-state index contributed by atoms with van der Waals surface area (Å²) in [4.78, 5) is 37.5. The second-order valence-corrected chi connectivity index (χ2v) is 13.9. The number of rotatable bonds is 37. The fourth-order valence-electron chi connectivity index (χ4n) is 5.69. The Morgan fingerprint density at radius 2 is 0.765 bits per heavy atom. The SMILES string of the molecule is CC/C=C\C/C=C\C/C=C\C/C=C\CCC(=O)OCC(COC(=O)CCCCCCCCCCCC)OC(=O)CCCCCCCCCCCC. The quantitative estimate of drug-likeness (QED) is 0.0276. The van der Waals surface area contributed by atoms with Gasteiger partial charge in [-0.2, -0.15) is 0 Å². The van der Waals surface area contributed by atoms with E-state index in [9.17, 15) is 14.4 Å². The second-order valence-electron chi connectivity index (χ2n) is 13.9. The predicted molar refractivity (Wildman–Crippen MR) is 215 cm³/mol. The van der Waals surface area contributed by atoms with E-state index in [1.54, 1.807) is 0 Å². The van der Waals surface area contributed by atoms with Crippen molar-refractivity contribution in [2.75, 3.05) is 13.2 Å². The first kappa shape index (κ1) is 48.4. The Morgan fingerprint density at radius 1 is 0.412 bits per heavy atom. The van der Waals surface area contributed by atoms with Gasteiger partial charge in [0, 0.05) is 19.3 Å². The van der Waals surface area contributed by atoms with Crippen LogP contribution in [0.2, 0.25) is 0 Å². The number of hydrogen-bond acceptors (Lipinski definition) is 6. The molecule has 0 radical (unpaired) electrons. The summed E-state index contributed by atoms with van der Waals surface area (Å²) in [6.45, 7) is 6.41. The minimum Gasteiger partial charge on any atom is -0.462 e. The molecule has 1 atom stereocenters. The fourth-order valence-corrected chi connectivity index (χ4v) is 5.69. The van der Waals surface area contributed by atoms with Crippen molar-refractivity contribution < 1.29 is 28.6 Å². The molecule has 0 heterocycles. The van der Waals surface area contributed by atoms with Gasteiger partial charge in [0.2, 0.25) is 0 Å². The summed E-state index contributed by atoms with van der Waals surface area (Å²) >= 11 is 0. The highest BCUT2D eigenvalue weighted by Gasteiger charge is 2.19. The minimum atomic E-state index is -0.793. The molecule has 0 amide bonds. The van der Waals surface area contributed by atoms with Crippen molar-refractivity contribution in [3.63, 3.8) is 0 Å². The van der Waals surface area contributed by atoms with E-state index in [1.807, 2.05) is 12.2 Å². The van der Waals surface area contributed by atoms with Gasteiger partial charge in [0.25, 0.3) is 0 Å². The lowest BCUT2D eigenvalue weighted by atomic mass is 10.1. The van der Waals surface area contributed by atoms with Crippen molar-refractivity contribution in [1.29, 1.82) is 0 Å². The molecule has 6 heteroatoms. The number of hydrogen-bond donors (Lipinski definition) is 0. The maximum Gasteiger partial charge on any atom is 0.306 e. The highest BCUT2D eigenvalue weighted by molar-refractivity contribution is 5.71. The first-order valence-electron chi connectivity index (χ1n) is 21.1. The van der Waals surface area contributed by atoms with Crippen LogP contribution in [0.25, 0.3) is 0 Å². The normalized spacial score (nSPS) is 12.5. The average molecular weight is 715 g/mol. The van der Waals surface area contributed by atoms with E-state index in [2.05, 4.69) is 57.2 Å². The van der Waals surface area contributed by atoms with Gasteiger partial charge >= 0.3 is 17.9 Å². The monoisotopic (exact) mass is 715 g/mol. The first-order chi connectivity index (χ1) is 25.0.